The highest BCUT2D eigenvalue weighted by atomic mass is 35.5. The topological polar surface area (TPSA) is 89.0 Å². The largest absolute Gasteiger partial charge is 0.438 e. The van der Waals surface area contributed by atoms with E-state index in [0.717, 1.165) is 11.1 Å². The van der Waals surface area contributed by atoms with Crippen LogP contribution >= 0.6 is 22.9 Å². The molecule has 4 aromatic rings. The molecule has 0 atom stereocenters. The molecule has 31 heavy (non-hydrogen) atoms. The zero-order valence-corrected chi connectivity index (χ0v) is 18.3. The number of ether oxygens (including phenoxy) is 1. The number of rotatable bonds is 6. The molecule has 1 amide bonds. The molecule has 0 aliphatic rings. The van der Waals surface area contributed by atoms with Crippen molar-refractivity contribution in [2.45, 2.75) is 6.92 Å². The molecule has 9 heteroatoms. The first-order valence-corrected chi connectivity index (χ1v) is 10.5. The Hall–Kier alpha value is -3.49. The molecular formula is C22H18ClN5O2S. The van der Waals surface area contributed by atoms with E-state index < -0.39 is 0 Å². The van der Waals surface area contributed by atoms with E-state index >= 15 is 0 Å². The third-order valence-electron chi connectivity index (χ3n) is 4.36. The summed E-state index contributed by atoms with van der Waals surface area (Å²) >= 11 is 7.14. The zero-order chi connectivity index (χ0) is 21.8. The van der Waals surface area contributed by atoms with Gasteiger partial charge in [0.25, 0.3) is 5.91 Å². The van der Waals surface area contributed by atoms with Gasteiger partial charge in [-0.05, 0) is 61.0 Å². The molecule has 0 aliphatic carbocycles. The summed E-state index contributed by atoms with van der Waals surface area (Å²) in [4.78, 5) is 25.9. The second-order valence-corrected chi connectivity index (χ2v) is 8.23. The Morgan fingerprint density at radius 2 is 1.97 bits per heavy atom. The Morgan fingerprint density at radius 1 is 1.10 bits per heavy atom. The van der Waals surface area contributed by atoms with Gasteiger partial charge in [-0.1, -0.05) is 11.6 Å². The van der Waals surface area contributed by atoms with Gasteiger partial charge in [0, 0.05) is 25.1 Å². The monoisotopic (exact) mass is 451 g/mol. The van der Waals surface area contributed by atoms with Crippen LogP contribution in [0, 0.1) is 6.92 Å². The number of amides is 1. The number of aromatic nitrogens is 3. The van der Waals surface area contributed by atoms with Gasteiger partial charge in [-0.25, -0.2) is 15.0 Å². The van der Waals surface area contributed by atoms with Crippen molar-refractivity contribution in [2.75, 3.05) is 17.7 Å². The highest BCUT2D eigenvalue weighted by molar-refractivity contribution is 7.18. The van der Waals surface area contributed by atoms with Crippen LogP contribution in [-0.4, -0.2) is 27.9 Å². The van der Waals surface area contributed by atoms with Crippen LogP contribution in [0.5, 0.6) is 11.6 Å². The average Bonchev–Trinajstić information content (AvgIpc) is 3.22. The van der Waals surface area contributed by atoms with Crippen LogP contribution in [0.4, 0.5) is 11.6 Å². The van der Waals surface area contributed by atoms with Crippen molar-refractivity contribution in [1.82, 2.24) is 15.0 Å². The Bertz CT molecular complexity index is 1240. The van der Waals surface area contributed by atoms with Crippen molar-refractivity contribution in [2.24, 2.45) is 0 Å². The molecule has 0 spiro atoms. The molecule has 156 valence electrons. The number of halogens is 1. The van der Waals surface area contributed by atoms with Crippen molar-refractivity contribution >= 4 is 40.5 Å². The van der Waals surface area contributed by atoms with Gasteiger partial charge in [-0.15, -0.1) is 11.3 Å². The molecule has 0 fully saturated rings. The minimum Gasteiger partial charge on any atom is -0.438 e. The third-order valence-corrected chi connectivity index (χ3v) is 5.59. The van der Waals surface area contributed by atoms with Gasteiger partial charge < -0.3 is 15.4 Å². The number of nitrogens with zero attached hydrogens (tertiary/aromatic N) is 3. The number of aryl methyl sites for hydroxylation is 1. The number of carbonyl (C=O) groups excluding carboxylic acids is 1. The summed E-state index contributed by atoms with van der Waals surface area (Å²) < 4.78 is 6.67. The van der Waals surface area contributed by atoms with E-state index in [4.69, 9.17) is 16.3 Å². The summed E-state index contributed by atoms with van der Waals surface area (Å²) in [6.45, 7) is 1.90. The van der Waals surface area contributed by atoms with E-state index in [1.807, 2.05) is 25.1 Å². The quantitative estimate of drug-likeness (QED) is 0.394. The minimum absolute atomic E-state index is 0.207. The van der Waals surface area contributed by atoms with Crippen LogP contribution in [-0.2, 0) is 0 Å². The number of hydrogen-bond donors (Lipinski definition) is 2. The Kier molecular flexibility index (Phi) is 6.11. The Labute approximate surface area is 188 Å². The smallest absolute Gasteiger partial charge is 0.265 e. The molecule has 2 N–H and O–H groups in total. The van der Waals surface area contributed by atoms with Crippen molar-refractivity contribution in [3.05, 3.63) is 75.7 Å². The molecule has 0 saturated heterocycles. The fourth-order valence-electron chi connectivity index (χ4n) is 2.87. The highest BCUT2D eigenvalue weighted by Gasteiger charge is 2.14. The Balaban J connectivity index is 1.56. The molecule has 3 aromatic heterocycles. The third kappa shape index (κ3) is 4.82. The number of thiophene rings is 1. The van der Waals surface area contributed by atoms with Gasteiger partial charge >= 0.3 is 0 Å². The van der Waals surface area contributed by atoms with E-state index in [1.165, 1.54) is 11.3 Å². The van der Waals surface area contributed by atoms with Crippen molar-refractivity contribution in [3.8, 4) is 22.9 Å². The molecule has 0 unspecified atom stereocenters. The van der Waals surface area contributed by atoms with Crippen LogP contribution in [0.25, 0.3) is 11.3 Å². The first-order valence-electron chi connectivity index (χ1n) is 9.35. The fraction of sp³-hybridized carbons (Fsp3) is 0.0909. The predicted octanol–water partition coefficient (Wildman–Crippen LogP) is 5.65. The molecular weight excluding hydrogens is 434 g/mol. The minimum atomic E-state index is -0.207. The van der Waals surface area contributed by atoms with E-state index in [0.29, 0.717) is 38.2 Å². The lowest BCUT2D eigenvalue weighted by atomic mass is 10.1. The van der Waals surface area contributed by atoms with E-state index in [9.17, 15) is 4.79 Å². The lowest BCUT2D eigenvalue weighted by molar-refractivity contribution is 0.103. The molecule has 7 nitrogen and oxygen atoms in total. The molecule has 1 aromatic carbocycles. The van der Waals surface area contributed by atoms with Crippen molar-refractivity contribution in [3.63, 3.8) is 0 Å². The van der Waals surface area contributed by atoms with Crippen LogP contribution in [0.15, 0.2) is 60.9 Å². The summed E-state index contributed by atoms with van der Waals surface area (Å²) in [6, 6.07) is 14.3. The van der Waals surface area contributed by atoms with Gasteiger partial charge in [-0.2, -0.15) is 0 Å². The first kappa shape index (κ1) is 20.8. The van der Waals surface area contributed by atoms with Gasteiger partial charge in [0.2, 0.25) is 11.8 Å². The summed E-state index contributed by atoms with van der Waals surface area (Å²) in [7, 11) is 1.76. The molecule has 4 rings (SSSR count). The number of pyridine rings is 1. The standard InChI is InChI=1S/C22H18ClN5O2S/c1-13-12-14(27-20(29)18-7-8-19(23)31-18)5-6-17(13)30-21-15(4-3-10-25-21)16-9-11-26-22(24-2)28-16/h3-12H,1-2H3,(H,27,29)(H,24,26,28). The number of hydrogen-bond acceptors (Lipinski definition) is 7. The maximum absolute atomic E-state index is 12.4. The molecule has 3 heterocycles. The predicted molar refractivity (Wildman–Crippen MR) is 123 cm³/mol. The number of anilines is 2. The van der Waals surface area contributed by atoms with Gasteiger partial charge in [0.05, 0.1) is 20.5 Å². The second kappa shape index (κ2) is 9.11. The summed E-state index contributed by atoms with van der Waals surface area (Å²) in [5, 5.41) is 5.80. The maximum atomic E-state index is 12.4. The number of nitrogens with one attached hydrogen (secondary N) is 2. The average molecular weight is 452 g/mol. The maximum Gasteiger partial charge on any atom is 0.265 e. The van der Waals surface area contributed by atoms with E-state index in [1.54, 1.807) is 49.8 Å². The Morgan fingerprint density at radius 3 is 2.71 bits per heavy atom. The normalized spacial score (nSPS) is 10.5. The van der Waals surface area contributed by atoms with Crippen molar-refractivity contribution in [1.29, 1.82) is 0 Å². The highest BCUT2D eigenvalue weighted by Crippen LogP contribution is 2.33. The molecule has 0 saturated carbocycles. The zero-order valence-electron chi connectivity index (χ0n) is 16.7. The first-order chi connectivity index (χ1) is 15.0. The van der Waals surface area contributed by atoms with Crippen LogP contribution in [0.3, 0.4) is 0 Å². The fourth-order valence-corrected chi connectivity index (χ4v) is 3.81. The van der Waals surface area contributed by atoms with E-state index in [-0.39, 0.29) is 5.91 Å². The summed E-state index contributed by atoms with van der Waals surface area (Å²) in [6.07, 6.45) is 3.34. The van der Waals surface area contributed by atoms with Gasteiger partial charge in [0.1, 0.15) is 5.75 Å². The second-order valence-electron chi connectivity index (χ2n) is 6.51. The molecule has 0 bridgehead atoms. The number of carbonyl (C=O) groups is 1. The van der Waals surface area contributed by atoms with Gasteiger partial charge in [-0.3, -0.25) is 4.79 Å². The van der Waals surface area contributed by atoms with Crippen LogP contribution < -0.4 is 15.4 Å². The van der Waals surface area contributed by atoms with Crippen LogP contribution in [0.1, 0.15) is 15.2 Å². The lowest BCUT2D eigenvalue weighted by Crippen LogP contribution is -2.10. The summed E-state index contributed by atoms with van der Waals surface area (Å²) in [5.41, 5.74) is 2.94. The number of benzene rings is 1. The van der Waals surface area contributed by atoms with E-state index in [2.05, 4.69) is 25.6 Å². The summed E-state index contributed by atoms with van der Waals surface area (Å²) in [5.74, 6) is 1.35. The lowest BCUT2D eigenvalue weighted by Gasteiger charge is -2.13. The van der Waals surface area contributed by atoms with Crippen LogP contribution in [0.2, 0.25) is 4.34 Å². The SMILES string of the molecule is CNc1nccc(-c2cccnc2Oc2ccc(NC(=O)c3ccc(Cl)s3)cc2C)n1. The van der Waals surface area contributed by atoms with Crippen molar-refractivity contribution < 1.29 is 9.53 Å². The molecule has 0 radical (unpaired) electrons. The van der Waals surface area contributed by atoms with Gasteiger partial charge in [0.15, 0.2) is 0 Å². The molecule has 0 aliphatic heterocycles.